The van der Waals surface area contributed by atoms with Crippen LogP contribution < -0.4 is 15.7 Å². The molecule has 0 spiro atoms. The van der Waals surface area contributed by atoms with Gasteiger partial charge in [0.2, 0.25) is 5.91 Å². The average molecular weight is 436 g/mol. The molecule has 1 atom stereocenters. The molecule has 1 aromatic heterocycles. The van der Waals surface area contributed by atoms with Crippen LogP contribution in [0.1, 0.15) is 47.0 Å². The molecule has 0 fully saturated rings. The molecular weight excluding hydrogens is 412 g/mol. The van der Waals surface area contributed by atoms with Crippen LogP contribution in [0.4, 0.5) is 10.7 Å². The molecule has 0 radical (unpaired) electrons. The molecule has 7 heteroatoms. The Bertz CT molecular complexity index is 1160. The molecule has 3 aromatic rings. The second-order valence-corrected chi connectivity index (χ2v) is 9.06. The Morgan fingerprint density at radius 2 is 1.84 bits per heavy atom. The van der Waals surface area contributed by atoms with Gasteiger partial charge in [-0.1, -0.05) is 43.3 Å². The van der Waals surface area contributed by atoms with Crippen molar-refractivity contribution in [3.63, 3.8) is 0 Å². The third-order valence-electron chi connectivity index (χ3n) is 5.59. The van der Waals surface area contributed by atoms with Gasteiger partial charge in [0.05, 0.1) is 5.56 Å². The molecule has 1 heterocycles. The molecule has 2 aromatic carbocycles. The van der Waals surface area contributed by atoms with Crippen molar-refractivity contribution in [3.05, 3.63) is 58.5 Å². The number of carboxylic acid groups (broad SMARTS) is 1. The zero-order valence-corrected chi connectivity index (χ0v) is 18.0. The molecule has 2 amide bonds. The molecule has 4 rings (SSSR count). The summed E-state index contributed by atoms with van der Waals surface area (Å²) < 4.78 is 0. The van der Waals surface area contributed by atoms with E-state index in [0.717, 1.165) is 40.5 Å². The Labute approximate surface area is 184 Å². The van der Waals surface area contributed by atoms with E-state index in [2.05, 4.69) is 17.6 Å². The molecule has 1 aliphatic carbocycles. The minimum Gasteiger partial charge on any atom is -0.550 e. The molecule has 0 saturated carbocycles. The summed E-state index contributed by atoms with van der Waals surface area (Å²) in [5, 5.41) is 18.9. The van der Waals surface area contributed by atoms with Gasteiger partial charge in [-0.3, -0.25) is 9.59 Å². The topological polar surface area (TPSA) is 98.3 Å². The first-order chi connectivity index (χ1) is 14.9. The number of carboxylic acids is 1. The lowest BCUT2D eigenvalue weighted by Crippen LogP contribution is -2.24. The summed E-state index contributed by atoms with van der Waals surface area (Å²) >= 11 is 1.41. The third-order valence-corrected chi connectivity index (χ3v) is 6.76. The second-order valence-electron chi connectivity index (χ2n) is 7.96. The normalized spacial score (nSPS) is 15.3. The third kappa shape index (κ3) is 4.61. The molecule has 160 valence electrons. The highest BCUT2D eigenvalue weighted by molar-refractivity contribution is 7.17. The van der Waals surface area contributed by atoms with Gasteiger partial charge in [-0.15, -0.1) is 11.3 Å². The van der Waals surface area contributed by atoms with E-state index in [-0.39, 0.29) is 18.7 Å². The number of hydrogen-bond acceptors (Lipinski definition) is 5. The van der Waals surface area contributed by atoms with E-state index in [4.69, 9.17) is 0 Å². The lowest BCUT2D eigenvalue weighted by molar-refractivity contribution is -0.305. The predicted molar refractivity (Wildman–Crippen MR) is 120 cm³/mol. The number of anilines is 2. The second kappa shape index (κ2) is 8.89. The number of hydrogen-bond donors (Lipinski definition) is 2. The van der Waals surface area contributed by atoms with Gasteiger partial charge in [0.1, 0.15) is 5.00 Å². The Kier molecular flexibility index (Phi) is 6.04. The van der Waals surface area contributed by atoms with Crippen LogP contribution in [0.15, 0.2) is 42.5 Å². The zero-order chi connectivity index (χ0) is 22.0. The van der Waals surface area contributed by atoms with Gasteiger partial charge >= 0.3 is 0 Å². The molecule has 0 aliphatic heterocycles. The van der Waals surface area contributed by atoms with Crippen LogP contribution in [0.3, 0.4) is 0 Å². The Hall–Kier alpha value is -3.19. The SMILES string of the molecule is C[C@@H]1CCc2c(sc(NC(=O)CCC(=O)[O-])c2C(=O)Nc2cccc3ccccc23)C1. The van der Waals surface area contributed by atoms with Crippen molar-refractivity contribution in [3.8, 4) is 0 Å². The van der Waals surface area contributed by atoms with Crippen LogP contribution in [0.25, 0.3) is 10.8 Å². The Morgan fingerprint density at radius 1 is 1.06 bits per heavy atom. The van der Waals surface area contributed by atoms with Crippen molar-refractivity contribution in [1.29, 1.82) is 0 Å². The van der Waals surface area contributed by atoms with Crippen molar-refractivity contribution in [1.82, 2.24) is 0 Å². The lowest BCUT2D eigenvalue weighted by Gasteiger charge is -2.19. The fraction of sp³-hybridized carbons (Fsp3) is 0.292. The van der Waals surface area contributed by atoms with E-state index in [0.29, 0.717) is 22.2 Å². The van der Waals surface area contributed by atoms with Crippen LogP contribution in [0.5, 0.6) is 0 Å². The van der Waals surface area contributed by atoms with Crippen LogP contribution in [-0.2, 0) is 22.4 Å². The molecule has 0 bridgehead atoms. The van der Waals surface area contributed by atoms with Crippen LogP contribution in [-0.4, -0.2) is 17.8 Å². The summed E-state index contributed by atoms with van der Waals surface area (Å²) in [6.07, 6.45) is 2.08. The lowest BCUT2D eigenvalue weighted by atomic mass is 9.88. The maximum Gasteiger partial charge on any atom is 0.258 e. The van der Waals surface area contributed by atoms with E-state index in [1.807, 2.05) is 42.5 Å². The number of thiophene rings is 1. The molecule has 0 unspecified atom stereocenters. The molecule has 2 N–H and O–H groups in total. The van der Waals surface area contributed by atoms with Gasteiger partial charge < -0.3 is 20.5 Å². The number of benzene rings is 2. The molecule has 31 heavy (non-hydrogen) atoms. The molecule has 1 aliphatic rings. The number of nitrogens with one attached hydrogen (secondary N) is 2. The quantitative estimate of drug-likeness (QED) is 0.616. The minimum atomic E-state index is -1.27. The first-order valence-corrected chi connectivity index (χ1v) is 11.2. The first-order valence-electron chi connectivity index (χ1n) is 10.4. The Balaban J connectivity index is 1.66. The number of carbonyl (C=O) groups excluding carboxylic acids is 3. The maximum atomic E-state index is 13.4. The van der Waals surface area contributed by atoms with Crippen LogP contribution in [0, 0.1) is 5.92 Å². The van der Waals surface area contributed by atoms with Gasteiger partial charge in [0.25, 0.3) is 5.91 Å². The highest BCUT2D eigenvalue weighted by Gasteiger charge is 2.28. The maximum absolute atomic E-state index is 13.4. The highest BCUT2D eigenvalue weighted by Crippen LogP contribution is 2.40. The number of carbonyl (C=O) groups is 3. The summed E-state index contributed by atoms with van der Waals surface area (Å²) in [5.41, 5.74) is 2.18. The largest absolute Gasteiger partial charge is 0.550 e. The predicted octanol–water partition coefficient (Wildman–Crippen LogP) is 3.75. The van der Waals surface area contributed by atoms with Gasteiger partial charge in [-0.2, -0.15) is 0 Å². The van der Waals surface area contributed by atoms with E-state index in [1.54, 1.807) is 0 Å². The smallest absolute Gasteiger partial charge is 0.258 e. The number of fused-ring (bicyclic) bond motifs is 2. The van der Waals surface area contributed by atoms with Crippen molar-refractivity contribution in [2.24, 2.45) is 5.92 Å². The molecule has 6 nitrogen and oxygen atoms in total. The Morgan fingerprint density at radius 3 is 2.65 bits per heavy atom. The summed E-state index contributed by atoms with van der Waals surface area (Å²) in [4.78, 5) is 37.4. The van der Waals surface area contributed by atoms with E-state index in [9.17, 15) is 19.5 Å². The van der Waals surface area contributed by atoms with Crippen molar-refractivity contribution < 1.29 is 19.5 Å². The zero-order valence-electron chi connectivity index (χ0n) is 17.2. The van der Waals surface area contributed by atoms with Crippen molar-refractivity contribution in [2.75, 3.05) is 10.6 Å². The van der Waals surface area contributed by atoms with Crippen LogP contribution >= 0.6 is 11.3 Å². The highest BCUT2D eigenvalue weighted by atomic mass is 32.1. The van der Waals surface area contributed by atoms with Crippen molar-refractivity contribution in [2.45, 2.75) is 39.0 Å². The average Bonchev–Trinajstić information content (AvgIpc) is 3.09. The summed E-state index contributed by atoms with van der Waals surface area (Å²) in [7, 11) is 0. The summed E-state index contributed by atoms with van der Waals surface area (Å²) in [5.74, 6) is -1.46. The van der Waals surface area contributed by atoms with Gasteiger partial charge in [-0.25, -0.2) is 0 Å². The standard InChI is InChI=1S/C24H24N2O4S/c1-14-9-10-17-19(13-14)31-24(26-20(27)11-12-21(28)29)22(17)23(30)25-18-8-4-6-15-5-2-3-7-16(15)18/h2-8,14H,9-13H2,1H3,(H,25,30)(H,26,27)(H,28,29)/p-1/t14-/m1/s1. The monoisotopic (exact) mass is 435 g/mol. The number of aliphatic carboxylic acids is 1. The number of rotatable bonds is 6. The van der Waals surface area contributed by atoms with Gasteiger partial charge in [-0.05, 0) is 48.6 Å². The van der Waals surface area contributed by atoms with E-state index >= 15 is 0 Å². The fourth-order valence-electron chi connectivity index (χ4n) is 4.00. The summed E-state index contributed by atoms with van der Waals surface area (Å²) in [6.45, 7) is 2.18. The molecular formula is C24H23N2O4S-. The molecule has 0 saturated heterocycles. The number of amides is 2. The minimum absolute atomic E-state index is 0.189. The fourth-order valence-corrected chi connectivity index (χ4v) is 5.43. The van der Waals surface area contributed by atoms with Crippen LogP contribution in [0.2, 0.25) is 0 Å². The first kappa shape index (κ1) is 21.1. The van der Waals surface area contributed by atoms with Gasteiger partial charge in [0, 0.05) is 28.3 Å². The van der Waals surface area contributed by atoms with E-state index in [1.165, 1.54) is 11.3 Å². The van der Waals surface area contributed by atoms with E-state index < -0.39 is 11.9 Å². The summed E-state index contributed by atoms with van der Waals surface area (Å²) in [6, 6.07) is 13.6. The van der Waals surface area contributed by atoms with Gasteiger partial charge in [0.15, 0.2) is 0 Å². The van der Waals surface area contributed by atoms with Crippen molar-refractivity contribution >= 4 is 50.6 Å².